The van der Waals surface area contributed by atoms with E-state index in [0.717, 1.165) is 25.1 Å². The van der Waals surface area contributed by atoms with Gasteiger partial charge < -0.3 is 10.6 Å². The summed E-state index contributed by atoms with van der Waals surface area (Å²) < 4.78 is 1.86. The Hall–Kier alpha value is -2.67. The summed E-state index contributed by atoms with van der Waals surface area (Å²) in [7, 11) is 0. The number of hydrogen-bond donors (Lipinski definition) is 2. The minimum Gasteiger partial charge on any atom is -0.353 e. The van der Waals surface area contributed by atoms with Crippen molar-refractivity contribution in [1.29, 1.82) is 0 Å². The van der Waals surface area contributed by atoms with E-state index >= 15 is 0 Å². The molecule has 156 valence electrons. The molecule has 1 aliphatic heterocycles. The van der Waals surface area contributed by atoms with Gasteiger partial charge in [0.2, 0.25) is 11.8 Å². The summed E-state index contributed by atoms with van der Waals surface area (Å²) in [4.78, 5) is 26.9. The Morgan fingerprint density at radius 1 is 1.28 bits per heavy atom. The van der Waals surface area contributed by atoms with Gasteiger partial charge in [0.05, 0.1) is 25.2 Å². The molecule has 0 saturated carbocycles. The first-order chi connectivity index (χ1) is 14.0. The van der Waals surface area contributed by atoms with Crippen LogP contribution in [0.5, 0.6) is 0 Å². The van der Waals surface area contributed by atoms with E-state index in [4.69, 9.17) is 0 Å². The predicted octanol–water partition coefficient (Wildman–Crippen LogP) is 1.78. The zero-order valence-electron chi connectivity index (χ0n) is 17.3. The van der Waals surface area contributed by atoms with Crippen LogP contribution in [-0.2, 0) is 22.7 Å². The fraction of sp³-hybridized carbons (Fsp3) is 0.500. The summed E-state index contributed by atoms with van der Waals surface area (Å²) in [6.07, 6.45) is 4.91. The Labute approximate surface area is 172 Å². The zero-order valence-corrected chi connectivity index (χ0v) is 17.3. The number of nitrogens with zero attached hydrogens (tertiary/aromatic N) is 3. The summed E-state index contributed by atoms with van der Waals surface area (Å²) in [6, 6.07) is 9.73. The lowest BCUT2D eigenvalue weighted by atomic mass is 10.1. The molecule has 2 N–H and O–H groups in total. The zero-order chi connectivity index (χ0) is 20.6. The van der Waals surface area contributed by atoms with Crippen LogP contribution in [-0.4, -0.2) is 52.2 Å². The van der Waals surface area contributed by atoms with E-state index in [1.165, 1.54) is 5.56 Å². The van der Waals surface area contributed by atoms with E-state index in [0.29, 0.717) is 25.6 Å². The molecule has 1 aromatic carbocycles. The maximum absolute atomic E-state index is 12.5. The van der Waals surface area contributed by atoms with Crippen LogP contribution in [0.25, 0.3) is 0 Å². The van der Waals surface area contributed by atoms with Gasteiger partial charge in [-0.15, -0.1) is 0 Å². The number of piperazine rings is 1. The smallest absolute Gasteiger partial charge is 0.237 e. The maximum atomic E-state index is 12.5. The molecular weight excluding hydrogens is 366 g/mol. The van der Waals surface area contributed by atoms with Crippen molar-refractivity contribution in [2.24, 2.45) is 5.92 Å². The Morgan fingerprint density at radius 3 is 2.83 bits per heavy atom. The fourth-order valence-electron chi connectivity index (χ4n) is 3.48. The Balaban J connectivity index is 1.49. The highest BCUT2D eigenvalue weighted by atomic mass is 16.2. The summed E-state index contributed by atoms with van der Waals surface area (Å²) in [5.74, 6) is 0.408. The molecule has 0 bridgehead atoms. The maximum Gasteiger partial charge on any atom is 0.237 e. The molecule has 2 aromatic rings. The molecule has 0 spiro atoms. The Kier molecular flexibility index (Phi) is 7.41. The Bertz CT molecular complexity index is 803. The first-order valence-corrected chi connectivity index (χ1v) is 10.3. The lowest BCUT2D eigenvalue weighted by molar-refractivity contribution is -0.134. The third-order valence-corrected chi connectivity index (χ3v) is 5.18. The minimum atomic E-state index is -0.386. The van der Waals surface area contributed by atoms with E-state index in [1.807, 2.05) is 29.1 Å². The van der Waals surface area contributed by atoms with Gasteiger partial charge in [0, 0.05) is 31.4 Å². The average molecular weight is 398 g/mol. The van der Waals surface area contributed by atoms with E-state index < -0.39 is 0 Å². The van der Waals surface area contributed by atoms with Crippen molar-refractivity contribution in [2.45, 2.75) is 45.8 Å². The van der Waals surface area contributed by atoms with Crippen molar-refractivity contribution in [1.82, 2.24) is 25.3 Å². The van der Waals surface area contributed by atoms with Gasteiger partial charge in [-0.2, -0.15) is 5.10 Å². The number of carbonyl (C=O) groups is 2. The van der Waals surface area contributed by atoms with Gasteiger partial charge in [-0.05, 0) is 24.4 Å². The van der Waals surface area contributed by atoms with Gasteiger partial charge in [-0.1, -0.05) is 44.2 Å². The van der Waals surface area contributed by atoms with Crippen LogP contribution in [0.1, 0.15) is 37.8 Å². The van der Waals surface area contributed by atoms with Crippen molar-refractivity contribution < 1.29 is 9.59 Å². The van der Waals surface area contributed by atoms with Gasteiger partial charge in [0.25, 0.3) is 0 Å². The molecule has 1 aromatic heterocycles. The van der Waals surface area contributed by atoms with Gasteiger partial charge >= 0.3 is 0 Å². The first kappa shape index (κ1) is 21.0. The molecule has 7 heteroatoms. The number of carbonyl (C=O) groups excluding carboxylic acids is 2. The van der Waals surface area contributed by atoms with Crippen molar-refractivity contribution in [3.63, 3.8) is 0 Å². The van der Waals surface area contributed by atoms with Crippen LogP contribution in [0.4, 0.5) is 0 Å². The topological polar surface area (TPSA) is 79.3 Å². The number of aromatic nitrogens is 2. The number of benzene rings is 1. The van der Waals surface area contributed by atoms with Crippen molar-refractivity contribution in [3.05, 3.63) is 53.9 Å². The van der Waals surface area contributed by atoms with Crippen molar-refractivity contribution in [3.8, 4) is 0 Å². The molecule has 2 amide bonds. The second-order valence-corrected chi connectivity index (χ2v) is 8.04. The van der Waals surface area contributed by atoms with Gasteiger partial charge in [0.1, 0.15) is 0 Å². The highest BCUT2D eigenvalue weighted by Crippen LogP contribution is 2.12. The molecule has 0 radical (unpaired) electrons. The molecule has 1 fully saturated rings. The minimum absolute atomic E-state index is 0.0502. The van der Waals surface area contributed by atoms with Gasteiger partial charge in [-0.3, -0.25) is 19.2 Å². The van der Waals surface area contributed by atoms with Crippen LogP contribution in [0, 0.1) is 5.92 Å². The highest BCUT2D eigenvalue weighted by Gasteiger charge is 2.31. The van der Waals surface area contributed by atoms with Crippen LogP contribution >= 0.6 is 0 Å². The monoisotopic (exact) mass is 397 g/mol. The highest BCUT2D eigenvalue weighted by molar-refractivity contribution is 5.88. The number of nitrogens with one attached hydrogen (secondary N) is 2. The van der Waals surface area contributed by atoms with Crippen LogP contribution in [0.3, 0.4) is 0 Å². The number of rotatable bonds is 9. The molecule has 29 heavy (non-hydrogen) atoms. The second-order valence-electron chi connectivity index (χ2n) is 8.04. The predicted molar refractivity (Wildman–Crippen MR) is 112 cm³/mol. The van der Waals surface area contributed by atoms with E-state index in [1.54, 1.807) is 6.20 Å². The first-order valence-electron chi connectivity index (χ1n) is 10.3. The Morgan fingerprint density at radius 2 is 2.07 bits per heavy atom. The van der Waals surface area contributed by atoms with Crippen LogP contribution in [0.15, 0.2) is 42.7 Å². The average Bonchev–Trinajstić information content (AvgIpc) is 3.15. The van der Waals surface area contributed by atoms with Crippen LogP contribution in [0.2, 0.25) is 0 Å². The van der Waals surface area contributed by atoms with Gasteiger partial charge in [-0.25, -0.2) is 0 Å². The summed E-state index contributed by atoms with van der Waals surface area (Å²) in [5.41, 5.74) is 2.12. The lowest BCUT2D eigenvalue weighted by Crippen LogP contribution is -2.56. The molecule has 1 aliphatic rings. The molecule has 2 heterocycles. The number of hydrogen-bond acceptors (Lipinski definition) is 4. The third-order valence-electron chi connectivity index (χ3n) is 5.18. The lowest BCUT2D eigenvalue weighted by Gasteiger charge is -2.35. The van der Waals surface area contributed by atoms with Crippen molar-refractivity contribution >= 4 is 11.8 Å². The summed E-state index contributed by atoms with van der Waals surface area (Å²) in [6.45, 7) is 7.73. The molecule has 1 unspecified atom stereocenters. The molecule has 7 nitrogen and oxygen atoms in total. The molecule has 1 atom stereocenters. The standard InChI is InChI=1S/C22H31N5O2/c1-17(2)8-10-26-11-9-23-22(29)20(26)12-21(28)24-13-19-14-25-27(16-19)15-18-6-4-3-5-7-18/h3-7,14,16-17,20H,8-13,15H2,1-2H3,(H,23,29)(H,24,28). The molecule has 0 aliphatic carbocycles. The van der Waals surface area contributed by atoms with Crippen LogP contribution < -0.4 is 10.6 Å². The normalized spacial score (nSPS) is 17.3. The molecule has 1 saturated heterocycles. The quantitative estimate of drug-likeness (QED) is 0.676. The van der Waals surface area contributed by atoms with E-state index in [2.05, 4.69) is 46.6 Å². The van der Waals surface area contributed by atoms with E-state index in [9.17, 15) is 9.59 Å². The largest absolute Gasteiger partial charge is 0.353 e. The third kappa shape index (κ3) is 6.42. The molecular formula is C22H31N5O2. The SMILES string of the molecule is CC(C)CCN1CCNC(=O)C1CC(=O)NCc1cnn(Cc2ccccc2)c1. The summed E-state index contributed by atoms with van der Waals surface area (Å²) in [5, 5.41) is 10.2. The van der Waals surface area contributed by atoms with E-state index in [-0.39, 0.29) is 24.3 Å². The number of amides is 2. The summed E-state index contributed by atoms with van der Waals surface area (Å²) >= 11 is 0. The molecule has 3 rings (SSSR count). The fourth-order valence-corrected chi connectivity index (χ4v) is 3.48. The van der Waals surface area contributed by atoms with Gasteiger partial charge in [0.15, 0.2) is 0 Å². The second kappa shape index (κ2) is 10.2. The van der Waals surface area contributed by atoms with Crippen molar-refractivity contribution in [2.75, 3.05) is 19.6 Å².